The van der Waals surface area contributed by atoms with Crippen LogP contribution in [0.4, 0.5) is 4.39 Å². The van der Waals surface area contributed by atoms with Gasteiger partial charge in [0.05, 0.1) is 6.21 Å². The van der Waals surface area contributed by atoms with Crippen LogP contribution in [0.1, 0.15) is 11.1 Å². The minimum absolute atomic E-state index is 0.260. The summed E-state index contributed by atoms with van der Waals surface area (Å²) >= 11 is 0. The van der Waals surface area contributed by atoms with Gasteiger partial charge in [0.2, 0.25) is 0 Å². The second-order valence-corrected chi connectivity index (χ2v) is 4.49. The zero-order valence-corrected chi connectivity index (χ0v) is 11.5. The molecule has 0 saturated heterocycles. The van der Waals surface area contributed by atoms with Crippen LogP contribution >= 0.6 is 0 Å². The van der Waals surface area contributed by atoms with Crippen molar-refractivity contribution < 1.29 is 14.3 Å². The lowest BCUT2D eigenvalue weighted by atomic mass is 10.2. The van der Waals surface area contributed by atoms with E-state index in [-0.39, 0.29) is 5.82 Å². The van der Waals surface area contributed by atoms with Crippen molar-refractivity contribution in [1.82, 2.24) is 5.32 Å². The van der Waals surface area contributed by atoms with Crippen LogP contribution in [0.2, 0.25) is 0 Å². The minimum Gasteiger partial charge on any atom is -0.489 e. The third-order valence-corrected chi connectivity index (χ3v) is 2.86. The summed E-state index contributed by atoms with van der Waals surface area (Å²) in [7, 11) is 0. The van der Waals surface area contributed by atoms with E-state index >= 15 is 0 Å². The summed E-state index contributed by atoms with van der Waals surface area (Å²) in [6.07, 6.45) is 1.39. The summed E-state index contributed by atoms with van der Waals surface area (Å²) in [6, 6.07) is 14.0. The van der Waals surface area contributed by atoms with Crippen LogP contribution in [0.3, 0.4) is 0 Å². The third kappa shape index (κ3) is 5.24. The molecular weight excluding hydrogens is 271 g/mol. The van der Waals surface area contributed by atoms with Gasteiger partial charge in [-0.05, 0) is 35.4 Å². The number of halogens is 1. The Morgan fingerprint density at radius 3 is 2.67 bits per heavy atom. The maximum atomic E-state index is 13.0. The first-order valence-corrected chi connectivity index (χ1v) is 6.61. The fourth-order valence-electron chi connectivity index (χ4n) is 1.82. The van der Waals surface area contributed by atoms with Crippen LogP contribution in [0, 0.1) is 5.82 Å². The van der Waals surface area contributed by atoms with Crippen LogP contribution in [0.5, 0.6) is 5.75 Å². The highest BCUT2D eigenvalue weighted by atomic mass is 19.1. The van der Waals surface area contributed by atoms with Gasteiger partial charge in [-0.3, -0.25) is 0 Å². The SMILES string of the molecule is O/N=C/CNCc1ccc(OCc2cccc(F)c2)cc1. The Morgan fingerprint density at radius 2 is 1.95 bits per heavy atom. The van der Waals surface area contributed by atoms with E-state index < -0.39 is 0 Å². The first-order valence-electron chi connectivity index (χ1n) is 6.61. The Kier molecular flexibility index (Phi) is 5.72. The van der Waals surface area contributed by atoms with Gasteiger partial charge < -0.3 is 15.3 Å². The quantitative estimate of drug-likeness (QED) is 0.356. The lowest BCUT2D eigenvalue weighted by molar-refractivity contribution is 0.305. The van der Waals surface area contributed by atoms with E-state index in [1.54, 1.807) is 6.07 Å². The van der Waals surface area contributed by atoms with Gasteiger partial charge >= 0.3 is 0 Å². The Hall–Kier alpha value is -2.40. The Morgan fingerprint density at radius 1 is 1.14 bits per heavy atom. The maximum absolute atomic E-state index is 13.0. The molecule has 110 valence electrons. The average molecular weight is 288 g/mol. The smallest absolute Gasteiger partial charge is 0.123 e. The van der Waals surface area contributed by atoms with Crippen molar-refractivity contribution in [3.63, 3.8) is 0 Å². The van der Waals surface area contributed by atoms with Gasteiger partial charge in [0.15, 0.2) is 0 Å². The first kappa shape index (κ1) is 15.0. The van der Waals surface area contributed by atoms with E-state index in [1.807, 2.05) is 30.3 Å². The molecule has 0 aliphatic rings. The second-order valence-electron chi connectivity index (χ2n) is 4.49. The van der Waals surface area contributed by atoms with Crippen molar-refractivity contribution in [3.8, 4) is 5.75 Å². The van der Waals surface area contributed by atoms with E-state index in [1.165, 1.54) is 18.3 Å². The molecule has 5 heteroatoms. The molecule has 0 aliphatic heterocycles. The number of hydrogen-bond acceptors (Lipinski definition) is 4. The second kappa shape index (κ2) is 8.01. The predicted molar refractivity (Wildman–Crippen MR) is 79.2 cm³/mol. The zero-order valence-electron chi connectivity index (χ0n) is 11.5. The lowest BCUT2D eigenvalue weighted by Crippen LogP contribution is -2.15. The molecule has 21 heavy (non-hydrogen) atoms. The van der Waals surface area contributed by atoms with E-state index in [0.29, 0.717) is 19.7 Å². The molecule has 2 aromatic carbocycles. The minimum atomic E-state index is -0.260. The fourth-order valence-corrected chi connectivity index (χ4v) is 1.82. The standard InChI is InChI=1S/C16H17FN2O2/c17-15-3-1-2-14(10-15)12-21-16-6-4-13(5-7-16)11-18-8-9-19-20/h1-7,9-10,18,20H,8,11-12H2/b19-9+. The molecule has 0 bridgehead atoms. The van der Waals surface area contributed by atoms with Gasteiger partial charge in [-0.2, -0.15) is 0 Å². The molecule has 0 aliphatic carbocycles. The van der Waals surface area contributed by atoms with Crippen molar-refractivity contribution >= 4 is 6.21 Å². The topological polar surface area (TPSA) is 53.9 Å². The molecule has 0 radical (unpaired) electrons. The highest BCUT2D eigenvalue weighted by molar-refractivity contribution is 5.58. The fraction of sp³-hybridized carbons (Fsp3) is 0.188. The van der Waals surface area contributed by atoms with Crippen LogP contribution in [-0.4, -0.2) is 18.0 Å². The Bertz CT molecular complexity index is 585. The van der Waals surface area contributed by atoms with E-state index in [4.69, 9.17) is 9.94 Å². The highest BCUT2D eigenvalue weighted by Gasteiger charge is 1.98. The molecule has 0 atom stereocenters. The highest BCUT2D eigenvalue weighted by Crippen LogP contribution is 2.14. The molecule has 2 N–H and O–H groups in total. The molecule has 2 rings (SSSR count). The summed E-state index contributed by atoms with van der Waals surface area (Å²) in [6.45, 7) is 1.52. The summed E-state index contributed by atoms with van der Waals surface area (Å²) in [4.78, 5) is 0. The molecule has 0 heterocycles. The summed E-state index contributed by atoms with van der Waals surface area (Å²) < 4.78 is 18.6. The van der Waals surface area contributed by atoms with Crippen molar-refractivity contribution in [2.45, 2.75) is 13.2 Å². The summed E-state index contributed by atoms with van der Waals surface area (Å²) in [5.74, 6) is 0.476. The van der Waals surface area contributed by atoms with Crippen LogP contribution < -0.4 is 10.1 Å². The molecule has 2 aromatic rings. The van der Waals surface area contributed by atoms with Crippen LogP contribution in [-0.2, 0) is 13.2 Å². The van der Waals surface area contributed by atoms with Crippen LogP contribution in [0.25, 0.3) is 0 Å². The van der Waals surface area contributed by atoms with Crippen molar-refractivity contribution in [2.75, 3.05) is 6.54 Å². The van der Waals surface area contributed by atoms with E-state index in [2.05, 4.69) is 10.5 Å². The molecule has 0 aromatic heterocycles. The number of benzene rings is 2. The molecule has 0 spiro atoms. The van der Waals surface area contributed by atoms with Gasteiger partial charge in [-0.1, -0.05) is 24.3 Å². The number of rotatable bonds is 7. The number of ether oxygens (including phenoxy) is 1. The lowest BCUT2D eigenvalue weighted by Gasteiger charge is -2.08. The molecule has 0 saturated carbocycles. The molecule has 0 fully saturated rings. The van der Waals surface area contributed by atoms with Gasteiger partial charge in [-0.25, -0.2) is 4.39 Å². The number of oxime groups is 1. The van der Waals surface area contributed by atoms with Crippen LogP contribution in [0.15, 0.2) is 53.7 Å². The summed E-state index contributed by atoms with van der Waals surface area (Å²) in [5, 5.41) is 14.3. The first-order chi connectivity index (χ1) is 10.3. The van der Waals surface area contributed by atoms with Gasteiger partial charge in [0.1, 0.15) is 18.2 Å². The Labute approximate surface area is 122 Å². The number of nitrogens with zero attached hydrogens (tertiary/aromatic N) is 1. The third-order valence-electron chi connectivity index (χ3n) is 2.86. The molecule has 0 amide bonds. The van der Waals surface area contributed by atoms with Crippen molar-refractivity contribution in [2.24, 2.45) is 5.16 Å². The van der Waals surface area contributed by atoms with Crippen molar-refractivity contribution in [1.29, 1.82) is 0 Å². The van der Waals surface area contributed by atoms with Gasteiger partial charge in [0, 0.05) is 13.1 Å². The number of nitrogens with one attached hydrogen (secondary N) is 1. The zero-order chi connectivity index (χ0) is 14.9. The Balaban J connectivity index is 1.82. The number of hydrogen-bond donors (Lipinski definition) is 2. The molecule has 0 unspecified atom stereocenters. The summed E-state index contributed by atoms with van der Waals surface area (Å²) in [5.41, 5.74) is 1.89. The monoisotopic (exact) mass is 288 g/mol. The maximum Gasteiger partial charge on any atom is 0.123 e. The van der Waals surface area contributed by atoms with Gasteiger partial charge in [0.25, 0.3) is 0 Å². The van der Waals surface area contributed by atoms with Crippen molar-refractivity contribution in [3.05, 3.63) is 65.5 Å². The average Bonchev–Trinajstić information content (AvgIpc) is 2.51. The largest absolute Gasteiger partial charge is 0.489 e. The van der Waals surface area contributed by atoms with E-state index in [0.717, 1.165) is 16.9 Å². The normalized spacial score (nSPS) is 10.9. The molecule has 4 nitrogen and oxygen atoms in total. The predicted octanol–water partition coefficient (Wildman–Crippen LogP) is 2.95. The van der Waals surface area contributed by atoms with E-state index in [9.17, 15) is 4.39 Å². The van der Waals surface area contributed by atoms with Gasteiger partial charge in [-0.15, -0.1) is 5.16 Å². The molecular formula is C16H17FN2O2.